The van der Waals surface area contributed by atoms with Gasteiger partial charge in [0.2, 0.25) is 0 Å². The molecule has 2 aromatic heterocycles. The lowest BCUT2D eigenvalue weighted by molar-refractivity contribution is 0.827. The van der Waals surface area contributed by atoms with E-state index in [0.29, 0.717) is 5.92 Å². The van der Waals surface area contributed by atoms with Crippen LogP contribution in [-0.2, 0) is 0 Å². The predicted molar refractivity (Wildman–Crippen MR) is 53.7 cm³/mol. The minimum absolute atomic E-state index is 0.525. The summed E-state index contributed by atoms with van der Waals surface area (Å²) in [5.74, 6) is 0.525. The van der Waals surface area contributed by atoms with Gasteiger partial charge in [0, 0.05) is 22.0 Å². The number of nitrogens with zero attached hydrogens (tertiary/aromatic N) is 1. The van der Waals surface area contributed by atoms with Gasteiger partial charge >= 0.3 is 0 Å². The van der Waals surface area contributed by atoms with Crippen LogP contribution < -0.4 is 0 Å². The maximum absolute atomic E-state index is 4.39. The highest BCUT2D eigenvalue weighted by molar-refractivity contribution is 7.17. The van der Waals surface area contributed by atoms with Crippen molar-refractivity contribution in [1.82, 2.24) is 4.98 Å². The molecule has 62 valence electrons. The van der Waals surface area contributed by atoms with Gasteiger partial charge in [-0.15, -0.1) is 11.3 Å². The Morgan fingerprint density at radius 1 is 1.42 bits per heavy atom. The van der Waals surface area contributed by atoms with Crippen molar-refractivity contribution >= 4 is 21.4 Å². The molecule has 2 heteroatoms. The molecule has 0 saturated carbocycles. The molecular weight excluding hydrogens is 166 g/mol. The van der Waals surface area contributed by atoms with E-state index in [0.717, 1.165) is 0 Å². The fourth-order valence-corrected chi connectivity index (χ4v) is 1.99. The van der Waals surface area contributed by atoms with Crippen molar-refractivity contribution in [3.63, 3.8) is 0 Å². The Morgan fingerprint density at radius 2 is 2.25 bits per heavy atom. The molecule has 12 heavy (non-hydrogen) atoms. The van der Waals surface area contributed by atoms with E-state index < -0.39 is 0 Å². The van der Waals surface area contributed by atoms with Crippen LogP contribution in [0.25, 0.3) is 10.1 Å². The highest BCUT2D eigenvalue weighted by Gasteiger charge is 2.01. The normalized spacial score (nSPS) is 11.2. The van der Waals surface area contributed by atoms with Crippen LogP contribution >= 0.6 is 11.3 Å². The van der Waals surface area contributed by atoms with E-state index in [4.69, 9.17) is 0 Å². The molecule has 0 aromatic carbocycles. The summed E-state index contributed by atoms with van der Waals surface area (Å²) in [4.78, 5) is 4.39. The SMILES string of the molecule is CC(C)c1cc2sccc2cn1. The molecule has 1 nitrogen and oxygen atoms in total. The molecule has 0 atom stereocenters. The summed E-state index contributed by atoms with van der Waals surface area (Å²) in [6.45, 7) is 4.34. The summed E-state index contributed by atoms with van der Waals surface area (Å²) in [7, 11) is 0. The van der Waals surface area contributed by atoms with E-state index >= 15 is 0 Å². The Labute approximate surface area is 76.1 Å². The fourth-order valence-electron chi connectivity index (χ4n) is 1.19. The van der Waals surface area contributed by atoms with Gasteiger partial charge in [-0.1, -0.05) is 13.8 Å². The lowest BCUT2D eigenvalue weighted by Gasteiger charge is -2.02. The molecule has 2 heterocycles. The third-order valence-corrected chi connectivity index (χ3v) is 2.83. The third kappa shape index (κ3) is 1.23. The Morgan fingerprint density at radius 3 is 3.00 bits per heavy atom. The van der Waals surface area contributed by atoms with Crippen molar-refractivity contribution in [2.75, 3.05) is 0 Å². The number of pyridine rings is 1. The molecule has 0 saturated heterocycles. The van der Waals surface area contributed by atoms with Gasteiger partial charge < -0.3 is 0 Å². The first-order valence-electron chi connectivity index (χ1n) is 4.10. The van der Waals surface area contributed by atoms with Gasteiger partial charge in [0.25, 0.3) is 0 Å². The van der Waals surface area contributed by atoms with E-state index in [1.807, 2.05) is 6.20 Å². The summed E-state index contributed by atoms with van der Waals surface area (Å²) in [5, 5.41) is 3.36. The molecule has 0 aliphatic rings. The molecule has 0 amide bonds. The smallest absolute Gasteiger partial charge is 0.0443 e. The minimum atomic E-state index is 0.525. The number of fused-ring (bicyclic) bond motifs is 1. The molecule has 0 unspecified atom stereocenters. The van der Waals surface area contributed by atoms with Crippen molar-refractivity contribution < 1.29 is 0 Å². The van der Waals surface area contributed by atoms with Crippen molar-refractivity contribution in [2.45, 2.75) is 19.8 Å². The highest BCUT2D eigenvalue weighted by atomic mass is 32.1. The lowest BCUT2D eigenvalue weighted by Crippen LogP contribution is -1.89. The Kier molecular flexibility index (Phi) is 1.85. The summed E-state index contributed by atoms with van der Waals surface area (Å²) >= 11 is 1.78. The zero-order valence-electron chi connectivity index (χ0n) is 7.24. The van der Waals surface area contributed by atoms with Crippen LogP contribution in [0.15, 0.2) is 23.7 Å². The van der Waals surface area contributed by atoms with Gasteiger partial charge in [0.1, 0.15) is 0 Å². The number of hydrogen-bond acceptors (Lipinski definition) is 2. The van der Waals surface area contributed by atoms with Crippen LogP contribution in [0.2, 0.25) is 0 Å². The minimum Gasteiger partial charge on any atom is -0.260 e. The van der Waals surface area contributed by atoms with Crippen LogP contribution in [0, 0.1) is 0 Å². The zero-order valence-corrected chi connectivity index (χ0v) is 8.06. The molecule has 0 radical (unpaired) electrons. The number of rotatable bonds is 1. The van der Waals surface area contributed by atoms with Crippen molar-refractivity contribution in [2.24, 2.45) is 0 Å². The van der Waals surface area contributed by atoms with Crippen molar-refractivity contribution in [3.8, 4) is 0 Å². The van der Waals surface area contributed by atoms with Crippen LogP contribution in [0.5, 0.6) is 0 Å². The molecule has 0 fully saturated rings. The molecule has 0 aliphatic carbocycles. The zero-order chi connectivity index (χ0) is 8.55. The first-order valence-corrected chi connectivity index (χ1v) is 4.98. The van der Waals surface area contributed by atoms with Gasteiger partial charge in [-0.25, -0.2) is 0 Å². The van der Waals surface area contributed by atoms with Crippen LogP contribution in [0.1, 0.15) is 25.5 Å². The number of aromatic nitrogens is 1. The first-order chi connectivity index (χ1) is 5.77. The van der Waals surface area contributed by atoms with E-state index in [9.17, 15) is 0 Å². The van der Waals surface area contributed by atoms with Crippen LogP contribution in [0.4, 0.5) is 0 Å². The van der Waals surface area contributed by atoms with E-state index in [1.54, 1.807) is 11.3 Å². The fraction of sp³-hybridized carbons (Fsp3) is 0.300. The quantitative estimate of drug-likeness (QED) is 0.650. The summed E-state index contributed by atoms with van der Waals surface area (Å²) in [5.41, 5.74) is 1.19. The van der Waals surface area contributed by atoms with E-state index in [2.05, 4.69) is 36.3 Å². The Bertz CT molecular complexity index is 389. The second-order valence-electron chi connectivity index (χ2n) is 3.22. The summed E-state index contributed by atoms with van der Waals surface area (Å²) in [6.07, 6.45) is 1.96. The van der Waals surface area contributed by atoms with E-state index in [-0.39, 0.29) is 0 Å². The first kappa shape index (κ1) is 7.74. The molecule has 0 N–H and O–H groups in total. The molecule has 0 aliphatic heterocycles. The lowest BCUT2D eigenvalue weighted by atomic mass is 10.1. The van der Waals surface area contributed by atoms with Gasteiger partial charge in [0.15, 0.2) is 0 Å². The highest BCUT2D eigenvalue weighted by Crippen LogP contribution is 2.23. The Hall–Kier alpha value is -0.890. The number of thiophene rings is 1. The second kappa shape index (κ2) is 2.87. The molecule has 2 aromatic rings. The van der Waals surface area contributed by atoms with Gasteiger partial charge in [-0.05, 0) is 23.4 Å². The molecule has 2 rings (SSSR count). The second-order valence-corrected chi connectivity index (χ2v) is 4.17. The van der Waals surface area contributed by atoms with Crippen molar-refractivity contribution in [3.05, 3.63) is 29.4 Å². The molecular formula is C10H11NS. The molecule has 0 spiro atoms. The number of hydrogen-bond donors (Lipinski definition) is 0. The standard InChI is InChI=1S/C10H11NS/c1-7(2)9-5-10-8(6-11-9)3-4-12-10/h3-7H,1-2H3. The van der Waals surface area contributed by atoms with Crippen LogP contribution in [0.3, 0.4) is 0 Å². The molecule has 0 bridgehead atoms. The van der Waals surface area contributed by atoms with Gasteiger partial charge in [-0.2, -0.15) is 0 Å². The summed E-state index contributed by atoms with van der Waals surface area (Å²) < 4.78 is 1.34. The van der Waals surface area contributed by atoms with Gasteiger partial charge in [0.05, 0.1) is 0 Å². The average Bonchev–Trinajstić information content (AvgIpc) is 2.49. The van der Waals surface area contributed by atoms with Crippen LogP contribution in [-0.4, -0.2) is 4.98 Å². The van der Waals surface area contributed by atoms with Gasteiger partial charge in [-0.3, -0.25) is 4.98 Å². The van der Waals surface area contributed by atoms with E-state index in [1.165, 1.54) is 15.8 Å². The Balaban J connectivity index is 2.60. The average molecular weight is 177 g/mol. The summed E-state index contributed by atoms with van der Waals surface area (Å²) in [6, 6.07) is 4.29. The predicted octanol–water partition coefficient (Wildman–Crippen LogP) is 3.42. The maximum Gasteiger partial charge on any atom is 0.0443 e. The maximum atomic E-state index is 4.39. The largest absolute Gasteiger partial charge is 0.260 e. The topological polar surface area (TPSA) is 12.9 Å². The third-order valence-electron chi connectivity index (χ3n) is 1.95. The monoisotopic (exact) mass is 177 g/mol. The van der Waals surface area contributed by atoms with Crippen molar-refractivity contribution in [1.29, 1.82) is 0 Å².